The van der Waals surface area contributed by atoms with E-state index in [1.807, 2.05) is 0 Å². The molecule has 0 aromatic heterocycles. The molecule has 80 valence electrons. The van der Waals surface area contributed by atoms with E-state index in [2.05, 4.69) is 26.1 Å². The highest BCUT2D eigenvalue weighted by Gasteiger charge is 2.13. The zero-order valence-corrected chi connectivity index (χ0v) is 8.95. The van der Waals surface area contributed by atoms with E-state index in [1.165, 1.54) is 0 Å². The van der Waals surface area contributed by atoms with Crippen LogP contribution < -0.4 is 5.32 Å². The Bertz CT molecular complexity index is 115. The van der Waals surface area contributed by atoms with Crippen molar-refractivity contribution in [1.29, 1.82) is 0 Å². The maximum Gasteiger partial charge on any atom is 0.0895 e. The van der Waals surface area contributed by atoms with Gasteiger partial charge in [-0.05, 0) is 12.8 Å². The van der Waals surface area contributed by atoms with Crippen molar-refractivity contribution in [3.63, 3.8) is 0 Å². The summed E-state index contributed by atoms with van der Waals surface area (Å²) in [6.45, 7) is 6.79. The van der Waals surface area contributed by atoms with Crippen molar-refractivity contribution in [3.05, 3.63) is 0 Å². The van der Waals surface area contributed by atoms with Gasteiger partial charge in [0.15, 0.2) is 0 Å². The second-order valence-electron chi connectivity index (χ2n) is 3.61. The highest BCUT2D eigenvalue weighted by molar-refractivity contribution is 4.71. The Labute approximate surface area is 81.2 Å². The van der Waals surface area contributed by atoms with Crippen molar-refractivity contribution in [2.24, 2.45) is 5.92 Å². The SMILES string of the molecule is CCC(CC)C(C)NCC(O)CO. The quantitative estimate of drug-likeness (QED) is 0.554. The van der Waals surface area contributed by atoms with Crippen LogP contribution in [0, 0.1) is 5.92 Å². The minimum atomic E-state index is -0.628. The van der Waals surface area contributed by atoms with Crippen molar-refractivity contribution in [2.45, 2.75) is 45.8 Å². The maximum atomic E-state index is 9.12. The van der Waals surface area contributed by atoms with Gasteiger partial charge in [-0.2, -0.15) is 0 Å². The van der Waals surface area contributed by atoms with Gasteiger partial charge in [0, 0.05) is 12.6 Å². The average Bonchev–Trinajstić information content (AvgIpc) is 2.16. The highest BCUT2D eigenvalue weighted by Crippen LogP contribution is 2.12. The van der Waals surface area contributed by atoms with E-state index in [4.69, 9.17) is 10.2 Å². The molecular formula is C10H23NO2. The summed E-state index contributed by atoms with van der Waals surface area (Å²) in [4.78, 5) is 0. The molecule has 2 atom stereocenters. The molecule has 0 aliphatic heterocycles. The van der Waals surface area contributed by atoms with Crippen molar-refractivity contribution in [1.82, 2.24) is 5.32 Å². The molecular weight excluding hydrogens is 166 g/mol. The van der Waals surface area contributed by atoms with Crippen molar-refractivity contribution in [2.75, 3.05) is 13.2 Å². The van der Waals surface area contributed by atoms with Crippen LogP contribution >= 0.6 is 0 Å². The number of aliphatic hydroxyl groups excluding tert-OH is 2. The van der Waals surface area contributed by atoms with Crippen LogP contribution in [0.3, 0.4) is 0 Å². The first kappa shape index (κ1) is 12.9. The lowest BCUT2D eigenvalue weighted by atomic mass is 9.95. The fraction of sp³-hybridized carbons (Fsp3) is 1.00. The van der Waals surface area contributed by atoms with Gasteiger partial charge in [0.25, 0.3) is 0 Å². The number of hydrogen-bond donors (Lipinski definition) is 3. The first-order valence-corrected chi connectivity index (χ1v) is 5.17. The number of nitrogens with one attached hydrogen (secondary N) is 1. The Morgan fingerprint density at radius 2 is 1.77 bits per heavy atom. The smallest absolute Gasteiger partial charge is 0.0895 e. The summed E-state index contributed by atoms with van der Waals surface area (Å²) < 4.78 is 0. The van der Waals surface area contributed by atoms with Crippen molar-refractivity contribution in [3.8, 4) is 0 Å². The summed E-state index contributed by atoms with van der Waals surface area (Å²) in [7, 11) is 0. The molecule has 0 radical (unpaired) electrons. The molecule has 0 amide bonds. The minimum absolute atomic E-state index is 0.164. The van der Waals surface area contributed by atoms with Gasteiger partial charge in [-0.3, -0.25) is 0 Å². The van der Waals surface area contributed by atoms with Gasteiger partial charge >= 0.3 is 0 Å². The van der Waals surface area contributed by atoms with Crippen LogP contribution in [0.2, 0.25) is 0 Å². The molecule has 2 unspecified atom stereocenters. The lowest BCUT2D eigenvalue weighted by Crippen LogP contribution is -2.39. The zero-order chi connectivity index (χ0) is 10.3. The van der Waals surface area contributed by atoms with Gasteiger partial charge < -0.3 is 15.5 Å². The largest absolute Gasteiger partial charge is 0.394 e. The second kappa shape index (κ2) is 7.30. The molecule has 3 heteroatoms. The summed E-state index contributed by atoms with van der Waals surface area (Å²) in [5, 5.41) is 21.0. The summed E-state index contributed by atoms with van der Waals surface area (Å²) >= 11 is 0. The molecule has 0 spiro atoms. The second-order valence-corrected chi connectivity index (χ2v) is 3.61. The molecule has 0 saturated carbocycles. The fourth-order valence-corrected chi connectivity index (χ4v) is 1.55. The summed E-state index contributed by atoms with van der Waals surface area (Å²) in [5.41, 5.74) is 0. The molecule has 3 N–H and O–H groups in total. The van der Waals surface area contributed by atoms with Gasteiger partial charge in [-0.1, -0.05) is 26.7 Å². The lowest BCUT2D eigenvalue weighted by Gasteiger charge is -2.23. The van der Waals surface area contributed by atoms with Gasteiger partial charge in [-0.15, -0.1) is 0 Å². The number of hydrogen-bond acceptors (Lipinski definition) is 3. The van der Waals surface area contributed by atoms with Crippen LogP contribution in [-0.4, -0.2) is 35.5 Å². The molecule has 0 rings (SSSR count). The van der Waals surface area contributed by atoms with Crippen molar-refractivity contribution < 1.29 is 10.2 Å². The Morgan fingerprint density at radius 1 is 1.23 bits per heavy atom. The van der Waals surface area contributed by atoms with E-state index in [0.717, 1.165) is 12.8 Å². The van der Waals surface area contributed by atoms with Gasteiger partial charge in [0.1, 0.15) is 0 Å². The first-order chi connectivity index (χ1) is 6.15. The molecule has 0 aromatic carbocycles. The third-order valence-electron chi connectivity index (χ3n) is 2.64. The molecule has 0 bridgehead atoms. The molecule has 0 aliphatic rings. The predicted octanol–water partition coefficient (Wildman–Crippen LogP) is 0.754. The molecule has 13 heavy (non-hydrogen) atoms. The minimum Gasteiger partial charge on any atom is -0.394 e. The Hall–Kier alpha value is -0.120. The number of aliphatic hydroxyl groups is 2. The Morgan fingerprint density at radius 3 is 2.15 bits per heavy atom. The molecule has 0 heterocycles. The van der Waals surface area contributed by atoms with E-state index in [-0.39, 0.29) is 6.61 Å². The monoisotopic (exact) mass is 189 g/mol. The van der Waals surface area contributed by atoms with Crippen LogP contribution in [0.15, 0.2) is 0 Å². The summed E-state index contributed by atoms with van der Waals surface area (Å²) in [5.74, 6) is 0.658. The Balaban J connectivity index is 3.65. The first-order valence-electron chi connectivity index (χ1n) is 5.17. The van der Waals surface area contributed by atoms with E-state index >= 15 is 0 Å². The zero-order valence-electron chi connectivity index (χ0n) is 8.95. The molecule has 0 saturated heterocycles. The van der Waals surface area contributed by atoms with E-state index < -0.39 is 6.10 Å². The Kier molecular flexibility index (Phi) is 7.23. The van der Waals surface area contributed by atoms with E-state index in [9.17, 15) is 0 Å². The average molecular weight is 189 g/mol. The molecule has 0 aromatic rings. The fourth-order valence-electron chi connectivity index (χ4n) is 1.55. The highest BCUT2D eigenvalue weighted by atomic mass is 16.3. The topological polar surface area (TPSA) is 52.5 Å². The van der Waals surface area contributed by atoms with E-state index in [1.54, 1.807) is 0 Å². The molecule has 0 fully saturated rings. The van der Waals surface area contributed by atoms with Crippen LogP contribution in [0.25, 0.3) is 0 Å². The van der Waals surface area contributed by atoms with Crippen LogP contribution in [0.1, 0.15) is 33.6 Å². The van der Waals surface area contributed by atoms with Crippen LogP contribution in [0.4, 0.5) is 0 Å². The van der Waals surface area contributed by atoms with Gasteiger partial charge in [0.05, 0.1) is 12.7 Å². The lowest BCUT2D eigenvalue weighted by molar-refractivity contribution is 0.0899. The maximum absolute atomic E-state index is 9.12. The standard InChI is InChI=1S/C10H23NO2/c1-4-9(5-2)8(3)11-6-10(13)7-12/h8-13H,4-7H2,1-3H3. The summed E-state index contributed by atoms with van der Waals surface area (Å²) in [6.07, 6.45) is 1.68. The summed E-state index contributed by atoms with van der Waals surface area (Å²) in [6, 6.07) is 0.413. The van der Waals surface area contributed by atoms with E-state index in [0.29, 0.717) is 18.5 Å². The predicted molar refractivity (Wildman–Crippen MR) is 54.6 cm³/mol. The number of rotatable bonds is 7. The van der Waals surface area contributed by atoms with Crippen molar-refractivity contribution >= 4 is 0 Å². The third-order valence-corrected chi connectivity index (χ3v) is 2.64. The van der Waals surface area contributed by atoms with Crippen LogP contribution in [0.5, 0.6) is 0 Å². The molecule has 0 aliphatic carbocycles. The third kappa shape index (κ3) is 5.24. The van der Waals surface area contributed by atoms with Gasteiger partial charge in [0.2, 0.25) is 0 Å². The van der Waals surface area contributed by atoms with Crippen LogP contribution in [-0.2, 0) is 0 Å². The molecule has 3 nitrogen and oxygen atoms in total. The van der Waals surface area contributed by atoms with Gasteiger partial charge in [-0.25, -0.2) is 0 Å². The normalized spacial score (nSPS) is 16.2.